The molecule has 2 heterocycles. The first-order valence-electron chi connectivity index (χ1n) is 7.49. The van der Waals surface area contributed by atoms with Crippen molar-refractivity contribution in [3.05, 3.63) is 29.0 Å². The zero-order valence-corrected chi connectivity index (χ0v) is 13.0. The Hall–Kier alpha value is -1.06. The molecule has 4 heteroatoms. The molecule has 3 nitrogen and oxygen atoms in total. The number of nitrogens with one attached hydrogen (secondary N) is 1. The topological polar surface area (TPSA) is 29.9 Å². The Balaban J connectivity index is 2.13. The van der Waals surface area contributed by atoms with E-state index in [2.05, 4.69) is 29.9 Å². The summed E-state index contributed by atoms with van der Waals surface area (Å²) in [7, 11) is 2.14. The van der Waals surface area contributed by atoms with Gasteiger partial charge in [0.25, 0.3) is 0 Å². The second-order valence-corrected chi connectivity index (χ2v) is 6.34. The van der Waals surface area contributed by atoms with Gasteiger partial charge in [-0.05, 0) is 50.6 Å². The van der Waals surface area contributed by atoms with Gasteiger partial charge >= 0.3 is 0 Å². The molecule has 1 aliphatic rings. The molecule has 0 amide bonds. The first kappa shape index (κ1) is 13.9. The molecule has 1 saturated heterocycles. The van der Waals surface area contributed by atoms with Crippen molar-refractivity contribution in [3.8, 4) is 0 Å². The molecule has 0 bridgehead atoms. The van der Waals surface area contributed by atoms with E-state index in [0.29, 0.717) is 0 Å². The third-order valence-electron chi connectivity index (χ3n) is 4.61. The van der Waals surface area contributed by atoms with Crippen LogP contribution in [0.2, 0.25) is 5.02 Å². The molecule has 108 valence electrons. The van der Waals surface area contributed by atoms with Crippen molar-refractivity contribution < 1.29 is 0 Å². The van der Waals surface area contributed by atoms with Gasteiger partial charge in [-0.1, -0.05) is 24.9 Å². The fourth-order valence-corrected chi connectivity index (χ4v) is 3.78. The number of piperidine rings is 1. The quantitative estimate of drug-likeness (QED) is 0.935. The summed E-state index contributed by atoms with van der Waals surface area (Å²) >= 11 is 6.10. The number of nitrogens with zero attached hydrogens (tertiary/aromatic N) is 2. The molecule has 0 unspecified atom stereocenters. The van der Waals surface area contributed by atoms with E-state index in [9.17, 15) is 0 Å². The maximum Gasteiger partial charge on any atom is 0.115 e. The van der Waals surface area contributed by atoms with Gasteiger partial charge in [0, 0.05) is 17.5 Å². The summed E-state index contributed by atoms with van der Waals surface area (Å²) in [5.41, 5.74) is 2.42. The molecule has 20 heavy (non-hydrogen) atoms. The van der Waals surface area contributed by atoms with E-state index in [1.807, 2.05) is 12.1 Å². The van der Waals surface area contributed by atoms with Crippen LogP contribution in [0.5, 0.6) is 0 Å². The third-order valence-corrected chi connectivity index (χ3v) is 4.84. The van der Waals surface area contributed by atoms with Gasteiger partial charge in [-0.3, -0.25) is 0 Å². The molecule has 0 saturated carbocycles. The van der Waals surface area contributed by atoms with E-state index in [1.165, 1.54) is 37.0 Å². The minimum atomic E-state index is 0.222. The molecule has 0 atom stereocenters. The Morgan fingerprint density at radius 3 is 2.80 bits per heavy atom. The van der Waals surface area contributed by atoms with E-state index in [4.69, 9.17) is 16.6 Å². The predicted molar refractivity (Wildman–Crippen MR) is 84.4 cm³/mol. The second kappa shape index (κ2) is 5.38. The van der Waals surface area contributed by atoms with Gasteiger partial charge in [-0.15, -0.1) is 0 Å². The zero-order chi connectivity index (χ0) is 14.2. The molecule has 0 aliphatic carbocycles. The Morgan fingerprint density at radius 2 is 2.10 bits per heavy atom. The van der Waals surface area contributed by atoms with Crippen molar-refractivity contribution in [1.29, 1.82) is 0 Å². The Morgan fingerprint density at radius 1 is 1.35 bits per heavy atom. The van der Waals surface area contributed by atoms with Crippen LogP contribution >= 0.6 is 11.6 Å². The zero-order valence-electron chi connectivity index (χ0n) is 12.2. The normalized spacial score (nSPS) is 18.6. The van der Waals surface area contributed by atoms with Crippen molar-refractivity contribution in [1.82, 2.24) is 14.9 Å². The number of halogens is 1. The number of hydrogen-bond donors (Lipinski definition) is 1. The molecule has 1 N–H and O–H groups in total. The standard InChI is InChI=1S/C16H22ClN3/c1-3-6-16(7-9-18-10-8-16)15-19-13-11-12(17)4-5-14(13)20(15)2/h4-5,11,18H,3,6-10H2,1-2H3. The monoisotopic (exact) mass is 291 g/mol. The van der Waals surface area contributed by atoms with E-state index in [0.717, 1.165) is 23.6 Å². The molecular formula is C16H22ClN3. The van der Waals surface area contributed by atoms with Crippen LogP contribution in [0, 0.1) is 0 Å². The highest BCUT2D eigenvalue weighted by Gasteiger charge is 2.37. The van der Waals surface area contributed by atoms with Crippen molar-refractivity contribution >= 4 is 22.6 Å². The highest BCUT2D eigenvalue weighted by atomic mass is 35.5. The molecule has 1 aromatic heterocycles. The van der Waals surface area contributed by atoms with Crippen LogP contribution in [-0.2, 0) is 12.5 Å². The van der Waals surface area contributed by atoms with Gasteiger partial charge in [-0.25, -0.2) is 4.98 Å². The van der Waals surface area contributed by atoms with Gasteiger partial charge in [0.15, 0.2) is 0 Å². The van der Waals surface area contributed by atoms with E-state index >= 15 is 0 Å². The highest BCUT2D eigenvalue weighted by molar-refractivity contribution is 6.31. The van der Waals surface area contributed by atoms with Gasteiger partial charge in [0.05, 0.1) is 11.0 Å². The van der Waals surface area contributed by atoms with Crippen molar-refractivity contribution in [2.45, 2.75) is 38.0 Å². The predicted octanol–water partition coefficient (Wildman–Crippen LogP) is 3.65. The largest absolute Gasteiger partial charge is 0.331 e. The molecule has 0 spiro atoms. The average Bonchev–Trinajstić information content (AvgIpc) is 2.77. The van der Waals surface area contributed by atoms with Crippen LogP contribution in [0.25, 0.3) is 11.0 Å². The lowest BCUT2D eigenvalue weighted by atomic mass is 9.74. The smallest absolute Gasteiger partial charge is 0.115 e. The van der Waals surface area contributed by atoms with Crippen molar-refractivity contribution in [2.24, 2.45) is 7.05 Å². The fourth-order valence-electron chi connectivity index (χ4n) is 3.62. The van der Waals surface area contributed by atoms with E-state index in [1.54, 1.807) is 0 Å². The van der Waals surface area contributed by atoms with E-state index in [-0.39, 0.29) is 5.41 Å². The van der Waals surface area contributed by atoms with Gasteiger partial charge in [-0.2, -0.15) is 0 Å². The molecule has 2 aromatic rings. The maximum atomic E-state index is 6.10. The van der Waals surface area contributed by atoms with Gasteiger partial charge in [0.1, 0.15) is 5.82 Å². The van der Waals surface area contributed by atoms with Crippen LogP contribution in [0.1, 0.15) is 38.4 Å². The lowest BCUT2D eigenvalue weighted by Crippen LogP contribution is -2.41. The summed E-state index contributed by atoms with van der Waals surface area (Å²) in [5.74, 6) is 1.23. The molecule has 0 radical (unpaired) electrons. The molecule has 1 fully saturated rings. The fraction of sp³-hybridized carbons (Fsp3) is 0.562. The summed E-state index contributed by atoms with van der Waals surface area (Å²) in [5, 5.41) is 4.23. The lowest BCUT2D eigenvalue weighted by Gasteiger charge is -2.37. The summed E-state index contributed by atoms with van der Waals surface area (Å²) in [4.78, 5) is 4.94. The number of fused-ring (bicyclic) bond motifs is 1. The van der Waals surface area contributed by atoms with Crippen LogP contribution in [0.4, 0.5) is 0 Å². The third kappa shape index (κ3) is 2.23. The average molecular weight is 292 g/mol. The van der Waals surface area contributed by atoms with Crippen LogP contribution < -0.4 is 5.32 Å². The van der Waals surface area contributed by atoms with Crippen molar-refractivity contribution in [2.75, 3.05) is 13.1 Å². The molecule has 3 rings (SSSR count). The summed E-state index contributed by atoms with van der Waals surface area (Å²) < 4.78 is 2.27. The Bertz CT molecular complexity index is 606. The first-order chi connectivity index (χ1) is 9.66. The van der Waals surface area contributed by atoms with E-state index < -0.39 is 0 Å². The number of rotatable bonds is 3. The summed E-state index contributed by atoms with van der Waals surface area (Å²) in [6.45, 7) is 4.44. The number of benzene rings is 1. The Kier molecular flexibility index (Phi) is 3.74. The minimum Gasteiger partial charge on any atom is -0.331 e. The highest BCUT2D eigenvalue weighted by Crippen LogP contribution is 2.38. The number of aromatic nitrogens is 2. The number of aryl methyl sites for hydroxylation is 1. The number of imidazole rings is 1. The Labute approximate surface area is 125 Å². The molecular weight excluding hydrogens is 270 g/mol. The van der Waals surface area contributed by atoms with Crippen molar-refractivity contribution in [3.63, 3.8) is 0 Å². The molecule has 1 aromatic carbocycles. The molecule has 1 aliphatic heterocycles. The van der Waals surface area contributed by atoms with Gasteiger partial charge < -0.3 is 9.88 Å². The SMILES string of the molecule is CCCC1(c2nc3cc(Cl)ccc3n2C)CCNCC1. The summed E-state index contributed by atoms with van der Waals surface area (Å²) in [6.07, 6.45) is 4.75. The van der Waals surface area contributed by atoms with Crippen LogP contribution in [-0.4, -0.2) is 22.6 Å². The minimum absolute atomic E-state index is 0.222. The van der Waals surface area contributed by atoms with Gasteiger partial charge in [0.2, 0.25) is 0 Å². The van der Waals surface area contributed by atoms with Crippen LogP contribution in [0.3, 0.4) is 0 Å². The first-order valence-corrected chi connectivity index (χ1v) is 7.87. The van der Waals surface area contributed by atoms with Crippen LogP contribution in [0.15, 0.2) is 18.2 Å². The maximum absolute atomic E-state index is 6.10. The second-order valence-electron chi connectivity index (χ2n) is 5.91. The number of hydrogen-bond acceptors (Lipinski definition) is 2. The summed E-state index contributed by atoms with van der Waals surface area (Å²) in [6, 6.07) is 6.00. The lowest BCUT2D eigenvalue weighted by molar-refractivity contribution is 0.266.